The number of amides is 1. The molecule has 2 saturated carbocycles. The van der Waals surface area contributed by atoms with Crippen LogP contribution in [-0.2, 0) is 4.79 Å². The standard InChI is InChI=1S/C14H25N3O2/c1-3-17(8-9(2)13(15)16-19)14(18)12-7-10-4-5-11(12)6-10/h9-12,19H,3-8H2,1-2H3,(H2,15,16). The molecule has 0 aromatic rings. The first kappa shape index (κ1) is 14.2. The van der Waals surface area contributed by atoms with Crippen molar-refractivity contribution in [3.05, 3.63) is 0 Å². The lowest BCUT2D eigenvalue weighted by Gasteiger charge is -2.30. The average molecular weight is 267 g/mol. The summed E-state index contributed by atoms with van der Waals surface area (Å²) in [5.41, 5.74) is 5.60. The number of carbonyl (C=O) groups excluding carboxylic acids is 1. The van der Waals surface area contributed by atoms with Crippen LogP contribution in [0, 0.1) is 23.7 Å². The van der Waals surface area contributed by atoms with Crippen LogP contribution in [0.3, 0.4) is 0 Å². The molecule has 0 aliphatic heterocycles. The number of hydrogen-bond acceptors (Lipinski definition) is 3. The summed E-state index contributed by atoms with van der Waals surface area (Å²) in [6.07, 6.45) is 4.83. The number of hydrogen-bond donors (Lipinski definition) is 2. The second kappa shape index (κ2) is 5.80. The van der Waals surface area contributed by atoms with Gasteiger partial charge in [-0.3, -0.25) is 4.79 Å². The van der Waals surface area contributed by atoms with E-state index in [1.807, 2.05) is 18.7 Å². The van der Waals surface area contributed by atoms with Crippen LogP contribution in [0.25, 0.3) is 0 Å². The fourth-order valence-electron chi connectivity index (χ4n) is 3.68. The van der Waals surface area contributed by atoms with Crippen molar-refractivity contribution >= 4 is 11.7 Å². The Morgan fingerprint density at radius 3 is 2.68 bits per heavy atom. The van der Waals surface area contributed by atoms with Gasteiger partial charge in [0.25, 0.3) is 0 Å². The molecule has 0 aromatic carbocycles. The van der Waals surface area contributed by atoms with E-state index in [0.717, 1.165) is 12.3 Å². The molecule has 0 aromatic heterocycles. The summed E-state index contributed by atoms with van der Waals surface area (Å²) in [6, 6.07) is 0. The molecule has 108 valence electrons. The topological polar surface area (TPSA) is 78.9 Å². The van der Waals surface area contributed by atoms with Crippen LogP contribution >= 0.6 is 0 Å². The first-order valence-corrected chi connectivity index (χ1v) is 7.33. The van der Waals surface area contributed by atoms with Crippen LogP contribution in [0.5, 0.6) is 0 Å². The number of oxime groups is 1. The molecule has 0 heterocycles. The van der Waals surface area contributed by atoms with E-state index in [4.69, 9.17) is 10.9 Å². The number of carbonyl (C=O) groups is 1. The summed E-state index contributed by atoms with van der Waals surface area (Å²) in [4.78, 5) is 14.5. The van der Waals surface area contributed by atoms with Crippen LogP contribution in [0.1, 0.15) is 39.5 Å². The molecule has 2 fully saturated rings. The summed E-state index contributed by atoms with van der Waals surface area (Å²) >= 11 is 0. The molecule has 0 spiro atoms. The van der Waals surface area contributed by atoms with Gasteiger partial charge in [-0.25, -0.2) is 0 Å². The first-order chi connectivity index (χ1) is 9.06. The highest BCUT2D eigenvalue weighted by molar-refractivity contribution is 5.84. The van der Waals surface area contributed by atoms with Crippen LogP contribution in [0.4, 0.5) is 0 Å². The van der Waals surface area contributed by atoms with Crippen molar-refractivity contribution in [1.29, 1.82) is 0 Å². The predicted molar refractivity (Wildman–Crippen MR) is 73.8 cm³/mol. The molecule has 3 N–H and O–H groups in total. The van der Waals surface area contributed by atoms with Crippen molar-refractivity contribution in [3.63, 3.8) is 0 Å². The molecule has 5 nitrogen and oxygen atoms in total. The minimum absolute atomic E-state index is 0.104. The third-order valence-electron chi connectivity index (χ3n) is 4.86. The lowest BCUT2D eigenvalue weighted by atomic mass is 9.87. The van der Waals surface area contributed by atoms with Gasteiger partial charge in [-0.05, 0) is 38.0 Å². The van der Waals surface area contributed by atoms with Gasteiger partial charge in [0.15, 0.2) is 0 Å². The fourth-order valence-corrected chi connectivity index (χ4v) is 3.68. The average Bonchev–Trinajstić information content (AvgIpc) is 3.05. The van der Waals surface area contributed by atoms with Crippen molar-refractivity contribution in [2.75, 3.05) is 13.1 Å². The molecule has 19 heavy (non-hydrogen) atoms. The van der Waals surface area contributed by atoms with E-state index in [1.54, 1.807) is 0 Å². The molecule has 2 aliphatic rings. The zero-order valence-corrected chi connectivity index (χ0v) is 11.9. The van der Waals surface area contributed by atoms with E-state index in [1.165, 1.54) is 19.3 Å². The van der Waals surface area contributed by atoms with Crippen molar-refractivity contribution < 1.29 is 10.0 Å². The fraction of sp³-hybridized carbons (Fsp3) is 0.857. The van der Waals surface area contributed by atoms with Crippen molar-refractivity contribution in [2.45, 2.75) is 39.5 Å². The van der Waals surface area contributed by atoms with E-state index < -0.39 is 0 Å². The summed E-state index contributed by atoms with van der Waals surface area (Å²) in [7, 11) is 0. The Bertz CT molecular complexity index is 370. The molecule has 4 unspecified atom stereocenters. The Labute approximate surface area is 114 Å². The second-order valence-electron chi connectivity index (χ2n) is 6.08. The highest BCUT2D eigenvalue weighted by Gasteiger charge is 2.44. The molecule has 2 aliphatic carbocycles. The quantitative estimate of drug-likeness (QED) is 0.344. The third kappa shape index (κ3) is 2.85. The maximum Gasteiger partial charge on any atom is 0.225 e. The smallest absolute Gasteiger partial charge is 0.225 e. The molecule has 0 radical (unpaired) electrons. The van der Waals surface area contributed by atoms with Crippen LogP contribution in [0.2, 0.25) is 0 Å². The van der Waals surface area contributed by atoms with Gasteiger partial charge >= 0.3 is 0 Å². The normalized spacial score (nSPS) is 31.5. The lowest BCUT2D eigenvalue weighted by molar-refractivity contribution is -0.137. The SMILES string of the molecule is CCN(CC(C)/C(N)=N/O)C(=O)C1CC2CCC1C2. The highest BCUT2D eigenvalue weighted by atomic mass is 16.4. The Morgan fingerprint density at radius 1 is 1.47 bits per heavy atom. The van der Waals surface area contributed by atoms with E-state index in [-0.39, 0.29) is 23.6 Å². The number of rotatable bonds is 5. The Kier molecular flexibility index (Phi) is 4.32. The van der Waals surface area contributed by atoms with Gasteiger partial charge in [-0.2, -0.15) is 0 Å². The lowest BCUT2D eigenvalue weighted by Crippen LogP contribution is -2.42. The van der Waals surface area contributed by atoms with Crippen LogP contribution < -0.4 is 5.73 Å². The molecule has 5 heteroatoms. The zero-order valence-electron chi connectivity index (χ0n) is 11.9. The van der Waals surface area contributed by atoms with Gasteiger partial charge in [0, 0.05) is 24.9 Å². The highest BCUT2D eigenvalue weighted by Crippen LogP contribution is 2.48. The molecule has 2 bridgehead atoms. The van der Waals surface area contributed by atoms with E-state index >= 15 is 0 Å². The number of nitrogens with two attached hydrogens (primary N) is 1. The minimum Gasteiger partial charge on any atom is -0.409 e. The monoisotopic (exact) mass is 267 g/mol. The van der Waals surface area contributed by atoms with Gasteiger partial charge in [-0.1, -0.05) is 18.5 Å². The number of nitrogens with zero attached hydrogens (tertiary/aromatic N) is 2. The summed E-state index contributed by atoms with van der Waals surface area (Å²) in [5.74, 6) is 1.96. The molecule has 4 atom stereocenters. The first-order valence-electron chi connectivity index (χ1n) is 7.33. The van der Waals surface area contributed by atoms with Crippen molar-refractivity contribution in [3.8, 4) is 0 Å². The van der Waals surface area contributed by atoms with Crippen molar-refractivity contribution in [1.82, 2.24) is 4.90 Å². The Hall–Kier alpha value is -1.26. The maximum absolute atomic E-state index is 12.6. The van der Waals surface area contributed by atoms with Gasteiger partial charge in [0.05, 0.1) is 0 Å². The number of amidine groups is 1. The third-order valence-corrected chi connectivity index (χ3v) is 4.86. The van der Waals surface area contributed by atoms with E-state index in [9.17, 15) is 4.79 Å². The summed E-state index contributed by atoms with van der Waals surface area (Å²) < 4.78 is 0. The predicted octanol–water partition coefficient (Wildman–Crippen LogP) is 1.65. The van der Waals surface area contributed by atoms with Gasteiger partial charge in [-0.15, -0.1) is 0 Å². The minimum atomic E-state index is -0.104. The molecule has 2 rings (SSSR count). The molecule has 1 amide bonds. The zero-order chi connectivity index (χ0) is 14.0. The van der Waals surface area contributed by atoms with Crippen molar-refractivity contribution in [2.24, 2.45) is 34.6 Å². The molecular formula is C14H25N3O2. The van der Waals surface area contributed by atoms with Gasteiger partial charge in [0.2, 0.25) is 5.91 Å². The van der Waals surface area contributed by atoms with Crippen LogP contribution in [-0.4, -0.2) is 34.9 Å². The second-order valence-corrected chi connectivity index (χ2v) is 6.08. The summed E-state index contributed by atoms with van der Waals surface area (Å²) in [5, 5.41) is 11.7. The van der Waals surface area contributed by atoms with Gasteiger partial charge < -0.3 is 15.8 Å². The maximum atomic E-state index is 12.6. The van der Waals surface area contributed by atoms with E-state index in [0.29, 0.717) is 19.0 Å². The van der Waals surface area contributed by atoms with E-state index in [2.05, 4.69) is 5.16 Å². The summed E-state index contributed by atoms with van der Waals surface area (Å²) in [6.45, 7) is 5.10. The largest absolute Gasteiger partial charge is 0.409 e. The molecular weight excluding hydrogens is 242 g/mol. The Morgan fingerprint density at radius 2 is 2.21 bits per heavy atom. The number of fused-ring (bicyclic) bond motifs is 2. The van der Waals surface area contributed by atoms with Gasteiger partial charge in [0.1, 0.15) is 5.84 Å². The molecule has 0 saturated heterocycles. The Balaban J connectivity index is 1.96. The van der Waals surface area contributed by atoms with Crippen LogP contribution in [0.15, 0.2) is 5.16 Å².